The number of fused-ring (bicyclic) bond motifs is 2. The van der Waals surface area contributed by atoms with Crippen molar-refractivity contribution in [2.24, 2.45) is 0 Å². The Balaban J connectivity index is 1.55. The largest absolute Gasteiger partial charge is 0.371 e. The van der Waals surface area contributed by atoms with Gasteiger partial charge in [-0.05, 0) is 39.8 Å². The van der Waals surface area contributed by atoms with Crippen LogP contribution in [0.5, 0.6) is 0 Å². The highest BCUT2D eigenvalue weighted by atomic mass is 16.8. The molecule has 1 aromatic heterocycles. The third-order valence-corrected chi connectivity index (χ3v) is 5.73. The third-order valence-electron chi connectivity index (χ3n) is 5.73. The molecule has 34 heavy (non-hydrogen) atoms. The summed E-state index contributed by atoms with van der Waals surface area (Å²) in [6, 6.07) is 4.72. The van der Waals surface area contributed by atoms with Crippen LogP contribution in [-0.2, 0) is 28.4 Å². The molecule has 2 amide bonds. The predicted octanol–water partition coefficient (Wildman–Crippen LogP) is 0.628. The van der Waals surface area contributed by atoms with Crippen LogP contribution >= 0.6 is 0 Å². The van der Waals surface area contributed by atoms with Gasteiger partial charge in [0.15, 0.2) is 11.6 Å². The Labute approximate surface area is 198 Å². The number of nitrogens with zero attached hydrogens (tertiary/aromatic N) is 1. The highest BCUT2D eigenvalue weighted by Gasteiger charge is 2.48. The van der Waals surface area contributed by atoms with Crippen molar-refractivity contribution in [2.75, 3.05) is 39.5 Å². The quantitative estimate of drug-likeness (QED) is 0.628. The van der Waals surface area contributed by atoms with E-state index in [4.69, 9.17) is 28.4 Å². The number of rotatable bonds is 2. The van der Waals surface area contributed by atoms with Gasteiger partial charge in [-0.2, -0.15) is 0 Å². The van der Waals surface area contributed by atoms with Gasteiger partial charge < -0.3 is 39.1 Å². The zero-order valence-electron chi connectivity index (χ0n) is 20.0. The molecule has 0 aliphatic carbocycles. The Bertz CT molecular complexity index is 825. The molecule has 3 aliphatic heterocycles. The second-order valence-electron chi connectivity index (χ2n) is 9.32. The minimum atomic E-state index is -0.764. The zero-order valence-corrected chi connectivity index (χ0v) is 20.0. The van der Waals surface area contributed by atoms with Crippen molar-refractivity contribution in [1.82, 2.24) is 15.6 Å². The number of ether oxygens (including phenoxy) is 6. The summed E-state index contributed by atoms with van der Waals surface area (Å²) in [5.74, 6) is -2.32. The molecule has 0 radical (unpaired) electrons. The lowest BCUT2D eigenvalue weighted by Crippen LogP contribution is -2.51. The van der Waals surface area contributed by atoms with Crippen LogP contribution in [0.4, 0.5) is 0 Å². The summed E-state index contributed by atoms with van der Waals surface area (Å²) in [7, 11) is 0. The monoisotopic (exact) mass is 479 g/mol. The van der Waals surface area contributed by atoms with E-state index in [1.165, 1.54) is 0 Å². The highest BCUT2D eigenvalue weighted by Crippen LogP contribution is 2.32. The smallest absolute Gasteiger partial charge is 0.269 e. The first-order valence-corrected chi connectivity index (χ1v) is 11.5. The first kappa shape index (κ1) is 25.0. The van der Waals surface area contributed by atoms with Gasteiger partial charge in [-0.25, -0.2) is 4.98 Å². The van der Waals surface area contributed by atoms with Gasteiger partial charge >= 0.3 is 0 Å². The number of carbonyl (C=O) groups excluding carboxylic acids is 2. The predicted molar refractivity (Wildman–Crippen MR) is 118 cm³/mol. The standard InChI is InChI=1S/C23H33N3O8/c1-22(2)31-12-16(33-22)18-19(17-13-32-23(3,4)34-17)30-11-9-25-21(28)15-7-5-6-14(26-15)20(27)24-8-10-29-18/h5-7,16-19H,8-13H2,1-4H3,(H,24,27)(H,25,28)/t16-,17-,18+,19+/m0/s1. The summed E-state index contributed by atoms with van der Waals surface area (Å²) >= 11 is 0. The molecule has 11 nitrogen and oxygen atoms in total. The molecule has 4 atom stereocenters. The molecule has 2 bridgehead atoms. The van der Waals surface area contributed by atoms with Gasteiger partial charge in [0, 0.05) is 13.1 Å². The van der Waals surface area contributed by atoms with Crippen molar-refractivity contribution in [3.05, 3.63) is 29.6 Å². The molecule has 4 heterocycles. The second-order valence-corrected chi connectivity index (χ2v) is 9.32. The lowest BCUT2D eigenvalue weighted by molar-refractivity contribution is -0.203. The maximum absolute atomic E-state index is 12.5. The average molecular weight is 480 g/mol. The van der Waals surface area contributed by atoms with Crippen LogP contribution in [0.3, 0.4) is 0 Å². The van der Waals surface area contributed by atoms with E-state index in [0.29, 0.717) is 13.2 Å². The van der Waals surface area contributed by atoms with Gasteiger partial charge in [-0.15, -0.1) is 0 Å². The number of aromatic nitrogens is 1. The molecule has 0 unspecified atom stereocenters. The van der Waals surface area contributed by atoms with Crippen molar-refractivity contribution < 1.29 is 38.0 Å². The summed E-state index contributed by atoms with van der Waals surface area (Å²) in [4.78, 5) is 29.2. The van der Waals surface area contributed by atoms with E-state index in [1.807, 2.05) is 27.7 Å². The molecule has 0 saturated carbocycles. The molecule has 1 aromatic rings. The highest BCUT2D eigenvalue weighted by molar-refractivity contribution is 5.96. The van der Waals surface area contributed by atoms with E-state index in [-0.39, 0.29) is 37.7 Å². The number of hydrogen-bond acceptors (Lipinski definition) is 9. The molecule has 0 spiro atoms. The summed E-state index contributed by atoms with van der Waals surface area (Å²) in [5, 5.41) is 5.55. The van der Waals surface area contributed by atoms with Crippen molar-refractivity contribution in [3.63, 3.8) is 0 Å². The van der Waals surface area contributed by atoms with Crippen molar-refractivity contribution in [1.29, 1.82) is 0 Å². The molecular formula is C23H33N3O8. The Morgan fingerprint density at radius 3 is 1.62 bits per heavy atom. The maximum atomic E-state index is 12.5. The van der Waals surface area contributed by atoms with Gasteiger partial charge in [-0.1, -0.05) is 6.07 Å². The molecule has 2 saturated heterocycles. The maximum Gasteiger partial charge on any atom is 0.269 e. The number of hydrogen-bond donors (Lipinski definition) is 2. The van der Waals surface area contributed by atoms with Gasteiger partial charge in [0.25, 0.3) is 11.8 Å². The summed E-state index contributed by atoms with van der Waals surface area (Å²) in [6.45, 7) is 8.83. The van der Waals surface area contributed by atoms with Gasteiger partial charge in [-0.3, -0.25) is 9.59 Å². The van der Waals surface area contributed by atoms with E-state index in [0.717, 1.165) is 0 Å². The summed E-state index contributed by atoms with van der Waals surface area (Å²) in [5.41, 5.74) is 0.308. The van der Waals surface area contributed by atoms with Crippen LogP contribution < -0.4 is 10.6 Å². The minimum absolute atomic E-state index is 0.154. The van der Waals surface area contributed by atoms with Crippen LogP contribution in [-0.4, -0.2) is 92.3 Å². The number of carbonyl (C=O) groups is 2. The third kappa shape index (κ3) is 6.09. The van der Waals surface area contributed by atoms with Crippen LogP contribution in [0.15, 0.2) is 18.2 Å². The molecule has 11 heteroatoms. The van der Waals surface area contributed by atoms with Gasteiger partial charge in [0.05, 0.1) is 26.4 Å². The zero-order chi connectivity index (χ0) is 24.3. The molecule has 3 aliphatic rings. The van der Waals surface area contributed by atoms with Crippen LogP contribution in [0.2, 0.25) is 0 Å². The van der Waals surface area contributed by atoms with Gasteiger partial charge in [0.1, 0.15) is 35.8 Å². The first-order valence-electron chi connectivity index (χ1n) is 11.5. The Hall–Kier alpha value is -2.15. The SMILES string of the molecule is CC1(C)OC[C@@H]([C@H]2OCCNC(=O)c3cccc(n3)C(=O)NCCO[C@@H]2[C@@H]2COC(C)(C)O2)O1. The van der Waals surface area contributed by atoms with Gasteiger partial charge in [0.2, 0.25) is 0 Å². The van der Waals surface area contributed by atoms with Crippen molar-refractivity contribution in [2.45, 2.75) is 63.7 Å². The minimum Gasteiger partial charge on any atom is -0.371 e. The van der Waals surface area contributed by atoms with Crippen molar-refractivity contribution in [3.8, 4) is 0 Å². The topological polar surface area (TPSA) is 126 Å². The van der Waals surface area contributed by atoms with Crippen molar-refractivity contribution >= 4 is 11.8 Å². The number of nitrogens with one attached hydrogen (secondary N) is 2. The second kappa shape index (κ2) is 10.2. The molecule has 188 valence electrons. The molecule has 2 N–H and O–H groups in total. The fourth-order valence-corrected chi connectivity index (χ4v) is 4.17. The number of amides is 2. The molecule has 4 rings (SSSR count). The fraction of sp³-hybridized carbons (Fsp3) is 0.696. The van der Waals surface area contributed by atoms with Crippen LogP contribution in [0, 0.1) is 0 Å². The fourth-order valence-electron chi connectivity index (χ4n) is 4.17. The normalized spacial score (nSPS) is 32.4. The molecular weight excluding hydrogens is 446 g/mol. The van der Waals surface area contributed by atoms with Crippen LogP contribution in [0.25, 0.3) is 0 Å². The summed E-state index contributed by atoms with van der Waals surface area (Å²) in [6.07, 6.45) is -1.99. The van der Waals surface area contributed by atoms with E-state index >= 15 is 0 Å². The summed E-state index contributed by atoms with van der Waals surface area (Å²) < 4.78 is 36.2. The van der Waals surface area contributed by atoms with E-state index in [9.17, 15) is 9.59 Å². The van der Waals surface area contributed by atoms with E-state index in [1.54, 1.807) is 18.2 Å². The first-order chi connectivity index (χ1) is 16.1. The number of pyridine rings is 1. The lowest BCUT2D eigenvalue weighted by atomic mass is 10.0. The van der Waals surface area contributed by atoms with E-state index < -0.39 is 47.8 Å². The Morgan fingerprint density at radius 2 is 1.24 bits per heavy atom. The molecule has 2 fully saturated rings. The van der Waals surface area contributed by atoms with E-state index in [2.05, 4.69) is 15.6 Å². The lowest BCUT2D eigenvalue weighted by Gasteiger charge is -2.34. The molecule has 0 aromatic carbocycles. The Morgan fingerprint density at radius 1 is 0.794 bits per heavy atom. The Kier molecular flexibility index (Phi) is 7.51. The van der Waals surface area contributed by atoms with Crippen LogP contribution in [0.1, 0.15) is 48.7 Å². The average Bonchev–Trinajstić information content (AvgIpc) is 3.34.